The van der Waals surface area contributed by atoms with Crippen LogP contribution in [0.25, 0.3) is 0 Å². The average Bonchev–Trinajstić information content (AvgIpc) is 2.88. The molecule has 4 nitrogen and oxygen atoms in total. The summed E-state index contributed by atoms with van der Waals surface area (Å²) < 4.78 is 5.16. The summed E-state index contributed by atoms with van der Waals surface area (Å²) in [7, 11) is 0. The maximum atomic E-state index is 12.5. The predicted octanol–water partition coefficient (Wildman–Crippen LogP) is 4.27. The van der Waals surface area contributed by atoms with Crippen molar-refractivity contribution in [3.05, 3.63) is 17.0 Å². The third kappa shape index (κ3) is 3.53. The molecule has 0 atom stereocenters. The van der Waals surface area contributed by atoms with Crippen molar-refractivity contribution in [3.63, 3.8) is 0 Å². The second-order valence-corrected chi connectivity index (χ2v) is 7.28. The first-order valence-corrected chi connectivity index (χ1v) is 8.65. The van der Waals surface area contributed by atoms with Crippen molar-refractivity contribution >= 4 is 5.91 Å². The maximum absolute atomic E-state index is 12.5. The minimum Gasteiger partial charge on any atom is -0.361 e. The topological polar surface area (TPSA) is 55.1 Å². The lowest BCUT2D eigenvalue weighted by Crippen LogP contribution is -2.40. The lowest BCUT2D eigenvalue weighted by molar-refractivity contribution is 0.0891. The molecule has 2 rings (SSSR count). The Bertz CT molecular complexity index is 511. The predicted molar refractivity (Wildman–Crippen MR) is 87.9 cm³/mol. The fraction of sp³-hybridized carbons (Fsp3) is 0.778. The second-order valence-electron chi connectivity index (χ2n) is 7.28. The Hall–Kier alpha value is -1.32. The van der Waals surface area contributed by atoms with Crippen molar-refractivity contribution in [1.29, 1.82) is 0 Å². The number of aryl methyl sites for hydroxylation is 2. The van der Waals surface area contributed by atoms with E-state index in [1.54, 1.807) is 0 Å². The van der Waals surface area contributed by atoms with Crippen molar-refractivity contribution in [2.45, 2.75) is 79.2 Å². The van der Waals surface area contributed by atoms with Crippen LogP contribution in [0, 0.1) is 18.3 Å². The molecule has 1 aliphatic rings. The highest BCUT2D eigenvalue weighted by atomic mass is 16.5. The first-order chi connectivity index (χ1) is 10.4. The number of hydrogen-bond acceptors (Lipinski definition) is 3. The number of nitrogens with zero attached hydrogens (tertiary/aromatic N) is 1. The molecule has 124 valence electrons. The molecular weight excluding hydrogens is 276 g/mol. The molecule has 0 unspecified atom stereocenters. The van der Waals surface area contributed by atoms with Crippen LogP contribution < -0.4 is 5.32 Å². The van der Waals surface area contributed by atoms with E-state index >= 15 is 0 Å². The van der Waals surface area contributed by atoms with Crippen molar-refractivity contribution in [1.82, 2.24) is 10.5 Å². The van der Waals surface area contributed by atoms with Gasteiger partial charge >= 0.3 is 0 Å². The molecule has 1 fully saturated rings. The van der Waals surface area contributed by atoms with Gasteiger partial charge in [0.2, 0.25) is 0 Å². The Labute approximate surface area is 134 Å². The average molecular weight is 306 g/mol. The standard InChI is InChI=1S/C18H30N2O2/c1-6-15-16(12(3)22-20-15)17(21)19-14-10-8-13(9-11-14)18(4,5)7-2/h13-14H,6-11H2,1-5H3,(H,19,21). The van der Waals surface area contributed by atoms with Gasteiger partial charge < -0.3 is 9.84 Å². The zero-order chi connectivity index (χ0) is 16.3. The van der Waals surface area contributed by atoms with Gasteiger partial charge in [-0.05, 0) is 50.4 Å². The maximum Gasteiger partial charge on any atom is 0.257 e. The lowest BCUT2D eigenvalue weighted by Gasteiger charge is -2.39. The van der Waals surface area contributed by atoms with Gasteiger partial charge in [-0.3, -0.25) is 4.79 Å². The molecule has 22 heavy (non-hydrogen) atoms. The third-order valence-electron chi connectivity index (χ3n) is 5.57. The smallest absolute Gasteiger partial charge is 0.257 e. The van der Waals surface area contributed by atoms with Gasteiger partial charge in [0.1, 0.15) is 11.3 Å². The SMILES string of the molecule is CCc1noc(C)c1C(=O)NC1CCC(C(C)(C)CC)CC1. The molecule has 1 amide bonds. The molecule has 1 heterocycles. The fourth-order valence-corrected chi connectivity index (χ4v) is 3.52. The molecule has 0 aliphatic heterocycles. The highest BCUT2D eigenvalue weighted by Gasteiger charge is 2.32. The van der Waals surface area contributed by atoms with Crippen LogP contribution >= 0.6 is 0 Å². The van der Waals surface area contributed by atoms with E-state index in [-0.39, 0.29) is 11.9 Å². The normalized spacial score (nSPS) is 22.6. The summed E-state index contributed by atoms with van der Waals surface area (Å²) in [6, 6.07) is 0.287. The summed E-state index contributed by atoms with van der Waals surface area (Å²) in [6.07, 6.45) is 6.49. The van der Waals surface area contributed by atoms with E-state index in [0.29, 0.717) is 16.7 Å². The summed E-state index contributed by atoms with van der Waals surface area (Å²) in [4.78, 5) is 12.5. The van der Waals surface area contributed by atoms with E-state index in [1.165, 1.54) is 19.3 Å². The van der Waals surface area contributed by atoms with Gasteiger partial charge in [0, 0.05) is 6.04 Å². The van der Waals surface area contributed by atoms with Crippen LogP contribution in [0.15, 0.2) is 4.52 Å². The van der Waals surface area contributed by atoms with Gasteiger partial charge in [-0.1, -0.05) is 39.3 Å². The van der Waals surface area contributed by atoms with E-state index in [9.17, 15) is 4.79 Å². The van der Waals surface area contributed by atoms with Gasteiger partial charge in [-0.15, -0.1) is 0 Å². The van der Waals surface area contributed by atoms with Gasteiger partial charge in [0.25, 0.3) is 5.91 Å². The van der Waals surface area contributed by atoms with Crippen LogP contribution in [0.5, 0.6) is 0 Å². The summed E-state index contributed by atoms with van der Waals surface area (Å²) in [5, 5.41) is 7.16. The molecular formula is C18H30N2O2. The lowest BCUT2D eigenvalue weighted by atomic mass is 9.69. The second kappa shape index (κ2) is 6.84. The molecule has 0 saturated heterocycles. The summed E-state index contributed by atoms with van der Waals surface area (Å²) in [5.74, 6) is 1.37. The van der Waals surface area contributed by atoms with Crippen LogP contribution in [-0.4, -0.2) is 17.1 Å². The molecule has 0 aromatic carbocycles. The number of hydrogen-bond donors (Lipinski definition) is 1. The number of aromatic nitrogens is 1. The van der Waals surface area contributed by atoms with Gasteiger partial charge in [-0.2, -0.15) is 0 Å². The Morgan fingerprint density at radius 3 is 2.45 bits per heavy atom. The van der Waals surface area contributed by atoms with E-state index in [2.05, 4.69) is 31.2 Å². The Morgan fingerprint density at radius 2 is 1.91 bits per heavy atom. The first-order valence-electron chi connectivity index (χ1n) is 8.65. The van der Waals surface area contributed by atoms with Gasteiger partial charge in [0.15, 0.2) is 0 Å². The van der Waals surface area contributed by atoms with Crippen molar-refractivity contribution in [2.24, 2.45) is 11.3 Å². The molecule has 0 spiro atoms. The molecule has 1 aromatic heterocycles. The number of nitrogens with one attached hydrogen (secondary N) is 1. The minimum absolute atomic E-state index is 0.0196. The van der Waals surface area contributed by atoms with Gasteiger partial charge in [0.05, 0.1) is 5.69 Å². The Kier molecular flexibility index (Phi) is 5.30. The zero-order valence-electron chi connectivity index (χ0n) is 14.7. The monoisotopic (exact) mass is 306 g/mol. The number of rotatable bonds is 5. The largest absolute Gasteiger partial charge is 0.361 e. The third-order valence-corrected chi connectivity index (χ3v) is 5.57. The van der Waals surface area contributed by atoms with E-state index in [1.807, 2.05) is 13.8 Å². The summed E-state index contributed by atoms with van der Waals surface area (Å²) >= 11 is 0. The van der Waals surface area contributed by atoms with Crippen LogP contribution in [0.1, 0.15) is 81.6 Å². The van der Waals surface area contributed by atoms with Crippen LogP contribution in [-0.2, 0) is 6.42 Å². The molecule has 1 aliphatic carbocycles. The van der Waals surface area contributed by atoms with E-state index in [4.69, 9.17) is 4.52 Å². The Balaban J connectivity index is 1.93. The van der Waals surface area contributed by atoms with Crippen LogP contribution in [0.3, 0.4) is 0 Å². The molecule has 0 bridgehead atoms. The number of carbonyl (C=O) groups is 1. The van der Waals surface area contributed by atoms with Crippen molar-refractivity contribution < 1.29 is 9.32 Å². The van der Waals surface area contributed by atoms with Crippen molar-refractivity contribution in [3.8, 4) is 0 Å². The summed E-state index contributed by atoms with van der Waals surface area (Å²) in [6.45, 7) is 10.8. The molecule has 1 N–H and O–H groups in total. The van der Waals surface area contributed by atoms with Gasteiger partial charge in [-0.25, -0.2) is 0 Å². The van der Waals surface area contributed by atoms with Crippen LogP contribution in [0.2, 0.25) is 0 Å². The Morgan fingerprint density at radius 1 is 1.27 bits per heavy atom. The molecule has 1 aromatic rings. The van der Waals surface area contributed by atoms with Crippen LogP contribution in [0.4, 0.5) is 0 Å². The number of amides is 1. The van der Waals surface area contributed by atoms with Crippen molar-refractivity contribution in [2.75, 3.05) is 0 Å². The zero-order valence-corrected chi connectivity index (χ0v) is 14.7. The number of carbonyl (C=O) groups excluding carboxylic acids is 1. The highest BCUT2D eigenvalue weighted by Crippen LogP contribution is 2.40. The summed E-state index contributed by atoms with van der Waals surface area (Å²) in [5.41, 5.74) is 1.81. The first kappa shape index (κ1) is 17.0. The minimum atomic E-state index is -0.0196. The molecule has 0 radical (unpaired) electrons. The molecule has 1 saturated carbocycles. The highest BCUT2D eigenvalue weighted by molar-refractivity contribution is 5.96. The van der Waals surface area contributed by atoms with E-state index in [0.717, 1.165) is 30.9 Å². The van der Waals surface area contributed by atoms with E-state index < -0.39 is 0 Å². The fourth-order valence-electron chi connectivity index (χ4n) is 3.52. The quantitative estimate of drug-likeness (QED) is 0.883. The molecule has 4 heteroatoms.